The SMILES string of the molecule is O=C(O)CN(C(=O)OCc1ccc(F)cc1)c1ccccc1. The molecule has 0 aliphatic rings. The molecule has 0 radical (unpaired) electrons. The largest absolute Gasteiger partial charge is 0.480 e. The van der Waals surface area contributed by atoms with Gasteiger partial charge in [0.15, 0.2) is 0 Å². The molecule has 2 aromatic carbocycles. The highest BCUT2D eigenvalue weighted by Crippen LogP contribution is 2.15. The molecule has 0 heterocycles. The molecule has 2 aromatic rings. The number of carboxylic acid groups (broad SMARTS) is 1. The molecule has 6 heteroatoms. The van der Waals surface area contributed by atoms with Crippen molar-refractivity contribution in [3.63, 3.8) is 0 Å². The van der Waals surface area contributed by atoms with Gasteiger partial charge in [0.1, 0.15) is 19.0 Å². The predicted octanol–water partition coefficient (Wildman–Crippen LogP) is 3.05. The number of aliphatic carboxylic acids is 1. The lowest BCUT2D eigenvalue weighted by Crippen LogP contribution is -2.36. The number of amides is 1. The zero-order valence-electron chi connectivity index (χ0n) is 11.6. The second-order valence-corrected chi connectivity index (χ2v) is 4.50. The summed E-state index contributed by atoms with van der Waals surface area (Å²) < 4.78 is 17.9. The van der Waals surface area contributed by atoms with E-state index in [4.69, 9.17) is 9.84 Å². The zero-order valence-corrected chi connectivity index (χ0v) is 11.6. The molecule has 0 saturated heterocycles. The third-order valence-electron chi connectivity index (χ3n) is 2.86. The van der Waals surface area contributed by atoms with E-state index in [2.05, 4.69) is 0 Å². The van der Waals surface area contributed by atoms with Gasteiger partial charge in [-0.05, 0) is 29.8 Å². The molecule has 0 fully saturated rings. The number of hydrogen-bond acceptors (Lipinski definition) is 3. The fourth-order valence-electron chi connectivity index (χ4n) is 1.81. The van der Waals surface area contributed by atoms with Crippen LogP contribution in [0.5, 0.6) is 0 Å². The predicted molar refractivity (Wildman–Crippen MR) is 78.0 cm³/mol. The summed E-state index contributed by atoms with van der Waals surface area (Å²) in [5.74, 6) is -1.53. The Hall–Kier alpha value is -2.89. The summed E-state index contributed by atoms with van der Waals surface area (Å²) in [6.07, 6.45) is -0.780. The lowest BCUT2D eigenvalue weighted by atomic mass is 10.2. The van der Waals surface area contributed by atoms with Crippen LogP contribution in [0, 0.1) is 5.82 Å². The van der Waals surface area contributed by atoms with Crippen molar-refractivity contribution >= 4 is 17.7 Å². The molecule has 0 unspecified atom stereocenters. The van der Waals surface area contributed by atoms with E-state index in [1.807, 2.05) is 0 Å². The van der Waals surface area contributed by atoms with Crippen LogP contribution in [0.15, 0.2) is 54.6 Å². The van der Waals surface area contributed by atoms with Crippen LogP contribution >= 0.6 is 0 Å². The molecule has 0 aliphatic carbocycles. The topological polar surface area (TPSA) is 66.8 Å². The molecule has 1 amide bonds. The fraction of sp³-hybridized carbons (Fsp3) is 0.125. The number of para-hydroxylation sites is 1. The molecule has 5 nitrogen and oxygen atoms in total. The molecule has 22 heavy (non-hydrogen) atoms. The smallest absolute Gasteiger partial charge is 0.415 e. The van der Waals surface area contributed by atoms with Crippen molar-refractivity contribution in [2.75, 3.05) is 11.4 Å². The van der Waals surface area contributed by atoms with E-state index in [0.717, 1.165) is 4.90 Å². The van der Waals surface area contributed by atoms with Crippen LogP contribution in [0.3, 0.4) is 0 Å². The molecule has 0 aliphatic heterocycles. The maximum Gasteiger partial charge on any atom is 0.415 e. The van der Waals surface area contributed by atoms with Crippen molar-refractivity contribution in [2.45, 2.75) is 6.61 Å². The van der Waals surface area contributed by atoms with E-state index in [1.165, 1.54) is 24.3 Å². The van der Waals surface area contributed by atoms with Gasteiger partial charge < -0.3 is 9.84 Å². The van der Waals surface area contributed by atoms with E-state index in [1.54, 1.807) is 30.3 Å². The average molecular weight is 303 g/mol. The summed E-state index contributed by atoms with van der Waals surface area (Å²) in [4.78, 5) is 24.0. The minimum absolute atomic E-state index is 0.0674. The van der Waals surface area contributed by atoms with Gasteiger partial charge in [0.05, 0.1) is 0 Å². The number of carboxylic acids is 1. The van der Waals surface area contributed by atoms with Gasteiger partial charge in [0.2, 0.25) is 0 Å². The molecule has 2 rings (SSSR count). The van der Waals surface area contributed by atoms with Crippen LogP contribution in [0.2, 0.25) is 0 Å². The highest BCUT2D eigenvalue weighted by atomic mass is 19.1. The Bertz CT molecular complexity index is 643. The number of carbonyl (C=O) groups is 2. The molecule has 0 atom stereocenters. The van der Waals surface area contributed by atoms with Crippen LogP contribution < -0.4 is 4.90 Å². The number of carbonyl (C=O) groups excluding carboxylic acids is 1. The summed E-state index contributed by atoms with van der Waals surface area (Å²) >= 11 is 0. The van der Waals surface area contributed by atoms with Crippen LogP contribution in [0.1, 0.15) is 5.56 Å². The summed E-state index contributed by atoms with van der Waals surface area (Å²) in [5.41, 5.74) is 1.03. The van der Waals surface area contributed by atoms with Gasteiger partial charge in [-0.1, -0.05) is 30.3 Å². The Kier molecular flexibility index (Phi) is 5.08. The Balaban J connectivity index is 2.05. The number of benzene rings is 2. The summed E-state index contributed by atoms with van der Waals surface area (Å²) in [6, 6.07) is 13.9. The summed E-state index contributed by atoms with van der Waals surface area (Å²) in [7, 11) is 0. The number of halogens is 1. The Morgan fingerprint density at radius 2 is 1.68 bits per heavy atom. The van der Waals surface area contributed by atoms with Gasteiger partial charge in [0, 0.05) is 5.69 Å². The lowest BCUT2D eigenvalue weighted by molar-refractivity contribution is -0.135. The fourth-order valence-corrected chi connectivity index (χ4v) is 1.81. The Labute approximate surface area is 126 Å². The van der Waals surface area contributed by atoms with E-state index in [9.17, 15) is 14.0 Å². The molecule has 0 saturated carbocycles. The monoisotopic (exact) mass is 303 g/mol. The van der Waals surface area contributed by atoms with Gasteiger partial charge in [0.25, 0.3) is 0 Å². The van der Waals surface area contributed by atoms with Gasteiger partial charge in [-0.15, -0.1) is 0 Å². The first-order valence-corrected chi connectivity index (χ1v) is 6.52. The number of rotatable bonds is 5. The van der Waals surface area contributed by atoms with Crippen molar-refractivity contribution < 1.29 is 23.8 Å². The molecule has 0 bridgehead atoms. The van der Waals surface area contributed by atoms with Crippen LogP contribution in [-0.4, -0.2) is 23.7 Å². The quantitative estimate of drug-likeness (QED) is 0.922. The molecular formula is C16H14FNO4. The maximum absolute atomic E-state index is 12.8. The first-order chi connectivity index (χ1) is 10.6. The number of anilines is 1. The summed E-state index contributed by atoms with van der Waals surface area (Å²) in [5, 5.41) is 8.92. The lowest BCUT2D eigenvalue weighted by Gasteiger charge is -2.20. The Morgan fingerprint density at radius 3 is 2.27 bits per heavy atom. The minimum Gasteiger partial charge on any atom is -0.480 e. The van der Waals surface area contributed by atoms with Crippen molar-refractivity contribution in [3.8, 4) is 0 Å². The first kappa shape index (κ1) is 15.5. The van der Waals surface area contributed by atoms with E-state index in [-0.39, 0.29) is 12.4 Å². The third-order valence-corrected chi connectivity index (χ3v) is 2.86. The maximum atomic E-state index is 12.8. The molecule has 0 aromatic heterocycles. The standard InChI is InChI=1S/C16H14FNO4/c17-13-8-6-12(7-9-13)11-22-16(21)18(10-15(19)20)14-4-2-1-3-5-14/h1-9H,10-11H2,(H,19,20). The van der Waals surface area contributed by atoms with Crippen molar-refractivity contribution in [2.24, 2.45) is 0 Å². The molecule has 114 valence electrons. The van der Waals surface area contributed by atoms with Crippen LogP contribution in [0.4, 0.5) is 14.9 Å². The van der Waals surface area contributed by atoms with Gasteiger partial charge in [-0.2, -0.15) is 0 Å². The van der Waals surface area contributed by atoms with Gasteiger partial charge in [-0.25, -0.2) is 9.18 Å². The van der Waals surface area contributed by atoms with E-state index >= 15 is 0 Å². The van der Waals surface area contributed by atoms with Gasteiger partial charge in [-0.3, -0.25) is 9.69 Å². The minimum atomic E-state index is -1.15. The number of nitrogens with zero attached hydrogens (tertiary/aromatic N) is 1. The zero-order chi connectivity index (χ0) is 15.9. The van der Waals surface area contributed by atoms with E-state index < -0.39 is 18.6 Å². The average Bonchev–Trinajstić information content (AvgIpc) is 2.52. The molecule has 1 N–H and O–H groups in total. The van der Waals surface area contributed by atoms with Crippen LogP contribution in [-0.2, 0) is 16.1 Å². The van der Waals surface area contributed by atoms with Crippen molar-refractivity contribution in [1.82, 2.24) is 0 Å². The third kappa shape index (κ3) is 4.31. The summed E-state index contributed by atoms with van der Waals surface area (Å²) in [6.45, 7) is -0.575. The highest BCUT2D eigenvalue weighted by Gasteiger charge is 2.20. The van der Waals surface area contributed by atoms with Crippen LogP contribution in [0.25, 0.3) is 0 Å². The Morgan fingerprint density at radius 1 is 1.05 bits per heavy atom. The molecular weight excluding hydrogens is 289 g/mol. The molecule has 0 spiro atoms. The normalized spacial score (nSPS) is 10.0. The number of ether oxygens (including phenoxy) is 1. The van der Waals surface area contributed by atoms with Crippen molar-refractivity contribution in [1.29, 1.82) is 0 Å². The first-order valence-electron chi connectivity index (χ1n) is 6.52. The highest BCUT2D eigenvalue weighted by molar-refractivity contribution is 5.92. The van der Waals surface area contributed by atoms with Crippen molar-refractivity contribution in [3.05, 3.63) is 66.0 Å². The van der Waals surface area contributed by atoms with E-state index in [0.29, 0.717) is 11.3 Å². The van der Waals surface area contributed by atoms with Gasteiger partial charge >= 0.3 is 12.1 Å². The second-order valence-electron chi connectivity index (χ2n) is 4.50. The second kappa shape index (κ2) is 7.21. The number of hydrogen-bond donors (Lipinski definition) is 1.